The van der Waals surface area contributed by atoms with Crippen molar-refractivity contribution < 1.29 is 4.74 Å². The molecule has 6 heteroatoms. The van der Waals surface area contributed by atoms with Crippen LogP contribution in [0.15, 0.2) is 42.9 Å². The van der Waals surface area contributed by atoms with Gasteiger partial charge in [0.2, 0.25) is 0 Å². The largest absolute Gasteiger partial charge is 0.486 e. The lowest BCUT2D eigenvalue weighted by Gasteiger charge is -2.07. The van der Waals surface area contributed by atoms with E-state index < -0.39 is 0 Å². The van der Waals surface area contributed by atoms with Crippen LogP contribution in [0.2, 0.25) is 10.0 Å². The molecular formula is C17H15Cl2N3O. The molecule has 0 bridgehead atoms. The molecule has 0 fully saturated rings. The van der Waals surface area contributed by atoms with Crippen molar-refractivity contribution in [3.63, 3.8) is 0 Å². The monoisotopic (exact) mass is 347 g/mol. The van der Waals surface area contributed by atoms with Gasteiger partial charge in [0, 0.05) is 22.5 Å². The summed E-state index contributed by atoms with van der Waals surface area (Å²) in [4.78, 5) is 4.22. The highest BCUT2D eigenvalue weighted by Crippen LogP contribution is 2.21. The van der Waals surface area contributed by atoms with Crippen molar-refractivity contribution in [2.45, 2.75) is 20.5 Å². The fraction of sp³-hybridized carbons (Fsp3) is 0.176. The van der Waals surface area contributed by atoms with E-state index in [1.165, 1.54) is 0 Å². The summed E-state index contributed by atoms with van der Waals surface area (Å²) in [6.45, 7) is 4.28. The molecule has 2 heterocycles. The summed E-state index contributed by atoms with van der Waals surface area (Å²) < 4.78 is 7.53. The standard InChI is InChI=1S/C17H15Cl2N3O/c1-11-5-15(3-4-17(11)19)22-9-16(8-21-22)23-10-13-6-14(18)7-20-12(13)2/h3-9H,10H2,1-2H3. The highest BCUT2D eigenvalue weighted by Gasteiger charge is 2.06. The average Bonchev–Trinajstić information content (AvgIpc) is 3.00. The number of aryl methyl sites for hydroxylation is 2. The Morgan fingerprint density at radius 3 is 2.74 bits per heavy atom. The summed E-state index contributed by atoms with van der Waals surface area (Å²) in [5, 5.41) is 5.65. The maximum Gasteiger partial charge on any atom is 0.158 e. The normalized spacial score (nSPS) is 10.8. The first-order chi connectivity index (χ1) is 11.0. The Balaban J connectivity index is 1.74. The summed E-state index contributed by atoms with van der Waals surface area (Å²) >= 11 is 12.0. The van der Waals surface area contributed by atoms with Crippen molar-refractivity contribution in [2.75, 3.05) is 0 Å². The van der Waals surface area contributed by atoms with Crippen LogP contribution in [0.25, 0.3) is 5.69 Å². The molecule has 0 N–H and O–H groups in total. The Morgan fingerprint density at radius 1 is 1.13 bits per heavy atom. The smallest absolute Gasteiger partial charge is 0.158 e. The zero-order valence-corrected chi connectivity index (χ0v) is 14.3. The third kappa shape index (κ3) is 3.66. The number of pyridine rings is 1. The van der Waals surface area contributed by atoms with Crippen LogP contribution in [0.1, 0.15) is 16.8 Å². The molecule has 3 aromatic rings. The zero-order valence-electron chi connectivity index (χ0n) is 12.8. The van der Waals surface area contributed by atoms with Gasteiger partial charge in [0.15, 0.2) is 5.75 Å². The lowest BCUT2D eigenvalue weighted by Crippen LogP contribution is -1.99. The van der Waals surface area contributed by atoms with Gasteiger partial charge in [0.05, 0.1) is 23.1 Å². The molecule has 118 valence electrons. The van der Waals surface area contributed by atoms with Crippen molar-refractivity contribution in [3.05, 3.63) is 69.7 Å². The molecule has 2 aromatic heterocycles. The van der Waals surface area contributed by atoms with Crippen LogP contribution >= 0.6 is 23.2 Å². The van der Waals surface area contributed by atoms with Crippen LogP contribution in [-0.2, 0) is 6.61 Å². The number of aromatic nitrogens is 3. The molecule has 3 rings (SSSR count). The third-order valence-corrected chi connectivity index (χ3v) is 4.15. The second kappa shape index (κ2) is 6.60. The second-order valence-electron chi connectivity index (χ2n) is 5.24. The van der Waals surface area contributed by atoms with E-state index in [0.717, 1.165) is 27.5 Å². The Labute approximate surface area is 144 Å². The first kappa shape index (κ1) is 15.8. The van der Waals surface area contributed by atoms with E-state index in [-0.39, 0.29) is 0 Å². The van der Waals surface area contributed by atoms with E-state index in [4.69, 9.17) is 27.9 Å². The molecule has 23 heavy (non-hydrogen) atoms. The van der Waals surface area contributed by atoms with E-state index in [9.17, 15) is 0 Å². The third-order valence-electron chi connectivity index (χ3n) is 3.52. The number of ether oxygens (including phenoxy) is 1. The molecule has 0 saturated carbocycles. The van der Waals surface area contributed by atoms with Gasteiger partial charge in [-0.25, -0.2) is 4.68 Å². The highest BCUT2D eigenvalue weighted by molar-refractivity contribution is 6.31. The number of benzene rings is 1. The first-order valence-corrected chi connectivity index (χ1v) is 7.83. The molecule has 0 aliphatic carbocycles. The number of nitrogens with zero attached hydrogens (tertiary/aromatic N) is 3. The van der Waals surface area contributed by atoms with E-state index >= 15 is 0 Å². The van der Waals surface area contributed by atoms with Gasteiger partial charge in [-0.05, 0) is 43.7 Å². The Kier molecular flexibility index (Phi) is 4.55. The van der Waals surface area contributed by atoms with Gasteiger partial charge in [0.25, 0.3) is 0 Å². The van der Waals surface area contributed by atoms with Crippen LogP contribution in [-0.4, -0.2) is 14.8 Å². The molecule has 0 amide bonds. The summed E-state index contributed by atoms with van der Waals surface area (Å²) in [5.41, 5.74) is 3.79. The van der Waals surface area contributed by atoms with Gasteiger partial charge < -0.3 is 4.74 Å². The van der Waals surface area contributed by atoms with Crippen molar-refractivity contribution in [2.24, 2.45) is 0 Å². The number of hydrogen-bond acceptors (Lipinski definition) is 3. The minimum absolute atomic E-state index is 0.394. The molecule has 0 atom stereocenters. The predicted molar refractivity (Wildman–Crippen MR) is 91.6 cm³/mol. The molecule has 0 saturated heterocycles. The van der Waals surface area contributed by atoms with Crippen molar-refractivity contribution >= 4 is 23.2 Å². The highest BCUT2D eigenvalue weighted by atomic mass is 35.5. The van der Waals surface area contributed by atoms with Crippen LogP contribution in [0.3, 0.4) is 0 Å². The fourth-order valence-corrected chi connectivity index (χ4v) is 2.45. The molecular weight excluding hydrogens is 333 g/mol. The average molecular weight is 348 g/mol. The number of halogens is 2. The van der Waals surface area contributed by atoms with Gasteiger partial charge in [-0.1, -0.05) is 23.2 Å². The van der Waals surface area contributed by atoms with Gasteiger partial charge in [-0.3, -0.25) is 4.98 Å². The van der Waals surface area contributed by atoms with E-state index in [0.29, 0.717) is 17.4 Å². The minimum atomic E-state index is 0.394. The molecule has 0 aliphatic rings. The summed E-state index contributed by atoms with van der Waals surface area (Å²) in [7, 11) is 0. The van der Waals surface area contributed by atoms with Gasteiger partial charge in [-0.15, -0.1) is 0 Å². The van der Waals surface area contributed by atoms with Crippen LogP contribution < -0.4 is 4.74 Å². The molecule has 1 aromatic carbocycles. The molecule has 0 radical (unpaired) electrons. The predicted octanol–water partition coefficient (Wildman–Crippen LogP) is 4.77. The maximum absolute atomic E-state index is 6.05. The topological polar surface area (TPSA) is 39.9 Å². The zero-order chi connectivity index (χ0) is 16.4. The number of rotatable bonds is 4. The molecule has 0 spiro atoms. The first-order valence-electron chi connectivity index (χ1n) is 7.08. The molecule has 0 aliphatic heterocycles. The fourth-order valence-electron chi connectivity index (χ4n) is 2.15. The van der Waals surface area contributed by atoms with Crippen LogP contribution in [0.5, 0.6) is 5.75 Å². The lowest BCUT2D eigenvalue weighted by atomic mass is 10.2. The van der Waals surface area contributed by atoms with Crippen LogP contribution in [0, 0.1) is 13.8 Å². The Bertz CT molecular complexity index is 846. The van der Waals surface area contributed by atoms with Crippen LogP contribution in [0.4, 0.5) is 0 Å². The molecule has 4 nitrogen and oxygen atoms in total. The summed E-state index contributed by atoms with van der Waals surface area (Å²) in [6.07, 6.45) is 5.13. The van der Waals surface area contributed by atoms with E-state index in [1.807, 2.05) is 44.3 Å². The second-order valence-corrected chi connectivity index (χ2v) is 6.08. The van der Waals surface area contributed by atoms with E-state index in [1.54, 1.807) is 17.1 Å². The van der Waals surface area contributed by atoms with Crippen molar-refractivity contribution in [1.82, 2.24) is 14.8 Å². The molecule has 0 unspecified atom stereocenters. The van der Waals surface area contributed by atoms with E-state index in [2.05, 4.69) is 10.1 Å². The van der Waals surface area contributed by atoms with Gasteiger partial charge in [-0.2, -0.15) is 5.10 Å². The lowest BCUT2D eigenvalue weighted by molar-refractivity contribution is 0.304. The Morgan fingerprint density at radius 2 is 1.96 bits per heavy atom. The van der Waals surface area contributed by atoms with Gasteiger partial charge in [0.1, 0.15) is 6.61 Å². The summed E-state index contributed by atoms with van der Waals surface area (Å²) in [6, 6.07) is 7.60. The Hall–Kier alpha value is -2.04. The van der Waals surface area contributed by atoms with Gasteiger partial charge >= 0.3 is 0 Å². The maximum atomic E-state index is 6.05. The minimum Gasteiger partial charge on any atom is -0.486 e. The summed E-state index contributed by atoms with van der Waals surface area (Å²) in [5.74, 6) is 0.678. The van der Waals surface area contributed by atoms with Crippen molar-refractivity contribution in [1.29, 1.82) is 0 Å². The number of hydrogen-bond donors (Lipinski definition) is 0. The van der Waals surface area contributed by atoms with Crippen molar-refractivity contribution in [3.8, 4) is 11.4 Å². The SMILES string of the molecule is Cc1cc(-n2cc(OCc3cc(Cl)cnc3C)cn2)ccc1Cl. The quantitative estimate of drug-likeness (QED) is 0.682.